The highest BCUT2D eigenvalue weighted by Crippen LogP contribution is 2.19. The van der Waals surface area contributed by atoms with Crippen molar-refractivity contribution in [2.75, 3.05) is 19.4 Å². The van der Waals surface area contributed by atoms with E-state index in [4.69, 9.17) is 0 Å². The Labute approximate surface area is 123 Å². The van der Waals surface area contributed by atoms with Gasteiger partial charge in [0.2, 0.25) is 0 Å². The summed E-state index contributed by atoms with van der Waals surface area (Å²) in [7, 11) is 1.16. The quantitative estimate of drug-likeness (QED) is 0.510. The number of thioether (sulfide) groups is 1. The van der Waals surface area contributed by atoms with Gasteiger partial charge in [-0.25, -0.2) is 4.79 Å². The number of nitro groups is 1. The zero-order chi connectivity index (χ0) is 15.4. The van der Waals surface area contributed by atoms with Crippen LogP contribution in [0.3, 0.4) is 0 Å². The Bertz CT molecular complexity index is 644. The van der Waals surface area contributed by atoms with E-state index in [1.807, 2.05) is 0 Å². The fourth-order valence-corrected chi connectivity index (χ4v) is 2.39. The van der Waals surface area contributed by atoms with Crippen LogP contribution in [-0.2, 0) is 4.74 Å². The molecule has 1 aromatic rings. The molecule has 0 aromatic heterocycles. The minimum absolute atomic E-state index is 0.000185. The highest BCUT2D eigenvalue weighted by atomic mass is 32.2. The molecule has 21 heavy (non-hydrogen) atoms. The Morgan fingerprint density at radius 3 is 2.67 bits per heavy atom. The van der Waals surface area contributed by atoms with Crippen molar-refractivity contribution in [1.82, 2.24) is 5.32 Å². The van der Waals surface area contributed by atoms with Crippen LogP contribution < -0.4 is 5.32 Å². The Balaban J connectivity index is 2.32. The number of carbonyl (C=O) groups excluding carboxylic acids is 2. The van der Waals surface area contributed by atoms with Crippen LogP contribution in [0.1, 0.15) is 20.7 Å². The van der Waals surface area contributed by atoms with Crippen LogP contribution in [0.2, 0.25) is 0 Å². The van der Waals surface area contributed by atoms with E-state index in [2.05, 4.69) is 15.0 Å². The first-order valence-electron chi connectivity index (χ1n) is 5.87. The number of carbonyl (C=O) groups is 2. The van der Waals surface area contributed by atoms with Crippen LogP contribution in [-0.4, -0.2) is 41.4 Å². The number of benzene rings is 1. The molecular formula is C12H11N3O5S. The third kappa shape index (κ3) is 3.57. The molecule has 0 radical (unpaired) electrons. The fourth-order valence-electron chi connectivity index (χ4n) is 1.66. The van der Waals surface area contributed by atoms with Gasteiger partial charge in [-0.3, -0.25) is 19.9 Å². The van der Waals surface area contributed by atoms with Gasteiger partial charge in [0.15, 0.2) is 5.17 Å². The minimum Gasteiger partial charge on any atom is -0.465 e. The number of hydrogen-bond donors (Lipinski definition) is 1. The third-order valence-corrected chi connectivity index (χ3v) is 3.51. The summed E-state index contributed by atoms with van der Waals surface area (Å²) in [6, 6.07) is 3.40. The van der Waals surface area contributed by atoms with Gasteiger partial charge in [0.05, 0.1) is 24.1 Å². The monoisotopic (exact) mass is 309 g/mol. The maximum absolute atomic E-state index is 12.1. The van der Waals surface area contributed by atoms with E-state index in [1.165, 1.54) is 17.8 Å². The molecule has 1 heterocycles. The van der Waals surface area contributed by atoms with E-state index in [0.29, 0.717) is 11.7 Å². The summed E-state index contributed by atoms with van der Waals surface area (Å²) in [5.74, 6) is -0.532. The van der Waals surface area contributed by atoms with Crippen molar-refractivity contribution in [3.63, 3.8) is 0 Å². The Hall–Kier alpha value is -2.42. The standard InChI is InChI=1S/C12H11N3O5S/c1-20-11(17)8-4-7(5-9(6-8)15(18)19)10(16)14-12-13-2-3-21-12/h4-6H,2-3H2,1H3,(H,13,14,16). The molecule has 9 heteroatoms. The first-order chi connectivity index (χ1) is 10.0. The maximum Gasteiger partial charge on any atom is 0.338 e. The number of nitrogens with one attached hydrogen (secondary N) is 1. The molecule has 1 N–H and O–H groups in total. The molecular weight excluding hydrogens is 298 g/mol. The van der Waals surface area contributed by atoms with Gasteiger partial charge in [0.1, 0.15) is 0 Å². The summed E-state index contributed by atoms with van der Waals surface area (Å²) in [5.41, 5.74) is -0.415. The summed E-state index contributed by atoms with van der Waals surface area (Å²) >= 11 is 1.38. The number of non-ortho nitro benzene ring substituents is 1. The van der Waals surface area contributed by atoms with E-state index in [1.54, 1.807) is 0 Å². The van der Waals surface area contributed by atoms with Crippen molar-refractivity contribution in [2.24, 2.45) is 4.99 Å². The molecule has 0 bridgehead atoms. The number of nitro benzene ring substituents is 1. The van der Waals surface area contributed by atoms with Crippen molar-refractivity contribution in [1.29, 1.82) is 0 Å². The third-order valence-electron chi connectivity index (χ3n) is 2.62. The van der Waals surface area contributed by atoms with Crippen LogP contribution in [0.5, 0.6) is 0 Å². The molecule has 0 saturated carbocycles. The van der Waals surface area contributed by atoms with Crippen LogP contribution in [0.25, 0.3) is 0 Å². The molecule has 8 nitrogen and oxygen atoms in total. The van der Waals surface area contributed by atoms with E-state index >= 15 is 0 Å². The van der Waals surface area contributed by atoms with Crippen molar-refractivity contribution < 1.29 is 19.2 Å². The molecule has 110 valence electrons. The van der Waals surface area contributed by atoms with E-state index < -0.39 is 16.8 Å². The van der Waals surface area contributed by atoms with Crippen molar-refractivity contribution >= 4 is 34.5 Å². The second-order valence-electron chi connectivity index (χ2n) is 4.01. The molecule has 0 aliphatic carbocycles. The summed E-state index contributed by atoms with van der Waals surface area (Å²) < 4.78 is 4.52. The Kier molecular flexibility index (Phi) is 4.53. The van der Waals surface area contributed by atoms with Crippen molar-refractivity contribution in [3.05, 3.63) is 39.4 Å². The van der Waals surface area contributed by atoms with Gasteiger partial charge in [-0.2, -0.15) is 0 Å². The minimum atomic E-state index is -0.750. The molecule has 0 atom stereocenters. The van der Waals surface area contributed by atoms with E-state index in [0.717, 1.165) is 25.0 Å². The van der Waals surface area contributed by atoms with Gasteiger partial charge in [-0.1, -0.05) is 11.8 Å². The number of amides is 1. The Morgan fingerprint density at radius 2 is 2.10 bits per heavy atom. The number of esters is 1. The summed E-state index contributed by atoms with van der Waals surface area (Å²) in [6.07, 6.45) is 0. The van der Waals surface area contributed by atoms with Crippen molar-refractivity contribution in [3.8, 4) is 0 Å². The fraction of sp³-hybridized carbons (Fsp3) is 0.250. The van der Waals surface area contributed by atoms with Gasteiger partial charge in [-0.15, -0.1) is 0 Å². The number of rotatable bonds is 3. The molecule has 0 spiro atoms. The number of amidine groups is 1. The molecule has 2 rings (SSSR count). The van der Waals surface area contributed by atoms with Crippen LogP contribution >= 0.6 is 11.8 Å². The van der Waals surface area contributed by atoms with E-state index in [9.17, 15) is 19.7 Å². The largest absolute Gasteiger partial charge is 0.465 e. The number of nitrogens with zero attached hydrogens (tertiary/aromatic N) is 2. The number of aliphatic imine (C=N–C) groups is 1. The molecule has 1 aliphatic heterocycles. The van der Waals surface area contributed by atoms with E-state index in [-0.39, 0.29) is 16.8 Å². The van der Waals surface area contributed by atoms with Gasteiger partial charge in [-0.05, 0) is 6.07 Å². The lowest BCUT2D eigenvalue weighted by atomic mass is 10.1. The molecule has 0 unspecified atom stereocenters. The molecule has 0 saturated heterocycles. The van der Waals surface area contributed by atoms with Crippen LogP contribution in [0.4, 0.5) is 5.69 Å². The topological polar surface area (TPSA) is 111 Å². The predicted molar refractivity (Wildman–Crippen MR) is 76.7 cm³/mol. The lowest BCUT2D eigenvalue weighted by Gasteiger charge is -2.06. The number of ether oxygens (including phenoxy) is 1. The first-order valence-corrected chi connectivity index (χ1v) is 6.86. The SMILES string of the molecule is COC(=O)c1cc(C(=O)NC2=NCCS2)cc([N+](=O)[O-])c1. The first kappa shape index (κ1) is 15.0. The van der Waals surface area contributed by atoms with Gasteiger partial charge in [0, 0.05) is 23.4 Å². The van der Waals surface area contributed by atoms with Crippen LogP contribution in [0.15, 0.2) is 23.2 Å². The van der Waals surface area contributed by atoms with Gasteiger partial charge >= 0.3 is 5.97 Å². The summed E-state index contributed by atoms with van der Waals surface area (Å²) in [4.78, 5) is 37.8. The highest BCUT2D eigenvalue weighted by Gasteiger charge is 2.19. The normalized spacial score (nSPS) is 13.5. The second kappa shape index (κ2) is 6.35. The Morgan fingerprint density at radius 1 is 1.38 bits per heavy atom. The summed E-state index contributed by atoms with van der Waals surface area (Å²) in [6.45, 7) is 0.614. The van der Waals surface area contributed by atoms with Gasteiger partial charge in [0.25, 0.3) is 11.6 Å². The van der Waals surface area contributed by atoms with Crippen molar-refractivity contribution in [2.45, 2.75) is 0 Å². The zero-order valence-electron chi connectivity index (χ0n) is 11.0. The lowest BCUT2D eigenvalue weighted by Crippen LogP contribution is -2.27. The lowest BCUT2D eigenvalue weighted by molar-refractivity contribution is -0.384. The molecule has 0 fully saturated rings. The second-order valence-corrected chi connectivity index (χ2v) is 5.09. The molecule has 1 amide bonds. The molecule has 1 aromatic carbocycles. The number of hydrogen-bond acceptors (Lipinski definition) is 7. The molecule has 1 aliphatic rings. The average molecular weight is 309 g/mol. The maximum atomic E-state index is 12.1. The highest BCUT2D eigenvalue weighted by molar-refractivity contribution is 8.14. The smallest absolute Gasteiger partial charge is 0.338 e. The number of methoxy groups -OCH3 is 1. The van der Waals surface area contributed by atoms with Crippen LogP contribution in [0, 0.1) is 10.1 Å². The average Bonchev–Trinajstić information content (AvgIpc) is 2.98. The summed E-state index contributed by atoms with van der Waals surface area (Å²) in [5, 5.41) is 13.9. The predicted octanol–water partition coefficient (Wildman–Crippen LogP) is 1.21. The van der Waals surface area contributed by atoms with Gasteiger partial charge < -0.3 is 10.1 Å². The zero-order valence-corrected chi connectivity index (χ0v) is 11.8.